The van der Waals surface area contributed by atoms with Gasteiger partial charge in [-0.1, -0.05) is 5.16 Å². The van der Waals surface area contributed by atoms with E-state index in [0.29, 0.717) is 18.5 Å². The van der Waals surface area contributed by atoms with Crippen LogP contribution >= 0.6 is 0 Å². The molecule has 0 bridgehead atoms. The molecule has 0 aliphatic carbocycles. The number of benzene rings is 1. The Morgan fingerprint density at radius 1 is 1.52 bits per heavy atom. The third-order valence-electron chi connectivity index (χ3n) is 3.58. The van der Waals surface area contributed by atoms with Crippen molar-refractivity contribution < 1.29 is 18.0 Å². The van der Waals surface area contributed by atoms with Crippen LogP contribution in [0, 0.1) is 5.82 Å². The van der Waals surface area contributed by atoms with Gasteiger partial charge in [0.15, 0.2) is 15.7 Å². The molecule has 8 heteroatoms. The zero-order valence-corrected chi connectivity index (χ0v) is 12.5. The van der Waals surface area contributed by atoms with Gasteiger partial charge < -0.3 is 16.3 Å². The number of rotatable bonds is 4. The van der Waals surface area contributed by atoms with Gasteiger partial charge in [0.1, 0.15) is 5.82 Å². The summed E-state index contributed by atoms with van der Waals surface area (Å²) in [5.74, 6) is -0.442. The Morgan fingerprint density at radius 2 is 2.24 bits per heavy atom. The number of nitrogens with one attached hydrogen (secondary N) is 1. The van der Waals surface area contributed by atoms with Gasteiger partial charge in [0.2, 0.25) is 0 Å². The predicted octanol–water partition coefficient (Wildman–Crippen LogP) is 0.587. The number of nitrogens with two attached hydrogens (primary N) is 1. The highest BCUT2D eigenvalue weighted by Gasteiger charge is 2.37. The summed E-state index contributed by atoms with van der Waals surface area (Å²) in [6.45, 7) is 2.14. The van der Waals surface area contributed by atoms with Gasteiger partial charge >= 0.3 is 0 Å². The van der Waals surface area contributed by atoms with Gasteiger partial charge in [0.25, 0.3) is 0 Å². The molecular weight excluding hydrogens is 297 g/mol. The summed E-state index contributed by atoms with van der Waals surface area (Å²) in [5.41, 5.74) is 5.81. The van der Waals surface area contributed by atoms with Gasteiger partial charge in [0.05, 0.1) is 11.5 Å². The van der Waals surface area contributed by atoms with E-state index in [1.807, 2.05) is 6.92 Å². The summed E-state index contributed by atoms with van der Waals surface area (Å²) in [7, 11) is -3.00. The maximum Gasteiger partial charge on any atom is 0.170 e. The lowest BCUT2D eigenvalue weighted by Crippen LogP contribution is -2.42. The third-order valence-corrected chi connectivity index (χ3v) is 5.49. The molecule has 0 amide bonds. The molecular formula is C13H18FN3O3S. The Hall–Kier alpha value is -1.67. The van der Waals surface area contributed by atoms with Crippen LogP contribution in [0.15, 0.2) is 23.4 Å². The molecule has 1 heterocycles. The molecule has 1 aromatic carbocycles. The normalized spacial score (nSPS) is 25.1. The molecule has 0 spiro atoms. The van der Waals surface area contributed by atoms with Crippen molar-refractivity contribution in [1.29, 1.82) is 0 Å². The van der Waals surface area contributed by atoms with Gasteiger partial charge in [-0.05, 0) is 37.1 Å². The van der Waals surface area contributed by atoms with Gasteiger partial charge in [-0.25, -0.2) is 12.8 Å². The number of nitrogens with zero attached hydrogens (tertiary/aromatic N) is 1. The zero-order valence-electron chi connectivity index (χ0n) is 11.6. The topological polar surface area (TPSA) is 105 Å². The average Bonchev–Trinajstić information content (AvgIpc) is 2.69. The summed E-state index contributed by atoms with van der Waals surface area (Å²) in [4.78, 5) is 0. The molecule has 1 aromatic rings. The maximum atomic E-state index is 13.5. The van der Waals surface area contributed by atoms with Crippen molar-refractivity contribution in [2.75, 3.05) is 11.5 Å². The lowest BCUT2D eigenvalue weighted by Gasteiger charge is -2.24. The first-order valence-electron chi connectivity index (χ1n) is 6.46. The number of hydrogen-bond donors (Lipinski definition) is 3. The lowest BCUT2D eigenvalue weighted by atomic mass is 10.0. The van der Waals surface area contributed by atoms with E-state index in [4.69, 9.17) is 10.9 Å². The van der Waals surface area contributed by atoms with Gasteiger partial charge in [-0.2, -0.15) is 0 Å². The Balaban J connectivity index is 2.12. The molecule has 1 aliphatic heterocycles. The van der Waals surface area contributed by atoms with Crippen LogP contribution < -0.4 is 11.1 Å². The minimum Gasteiger partial charge on any atom is -0.409 e. The first kappa shape index (κ1) is 15.7. The highest BCUT2D eigenvalue weighted by Crippen LogP contribution is 2.23. The molecule has 4 N–H and O–H groups in total. The van der Waals surface area contributed by atoms with Crippen LogP contribution in [-0.4, -0.2) is 36.5 Å². The summed E-state index contributed by atoms with van der Waals surface area (Å²) in [6.07, 6.45) is 0.526. The second-order valence-corrected chi connectivity index (χ2v) is 7.77. The van der Waals surface area contributed by atoms with Gasteiger partial charge in [0, 0.05) is 17.6 Å². The number of hydrogen-bond acceptors (Lipinski definition) is 5. The third kappa shape index (κ3) is 3.92. The zero-order chi connectivity index (χ0) is 15.7. The van der Waals surface area contributed by atoms with E-state index in [0.717, 1.165) is 0 Å². The Labute approximate surface area is 122 Å². The predicted molar refractivity (Wildman–Crippen MR) is 77.4 cm³/mol. The number of amidine groups is 1. The highest BCUT2D eigenvalue weighted by molar-refractivity contribution is 7.91. The monoisotopic (exact) mass is 315 g/mol. The molecule has 1 unspecified atom stereocenters. The van der Waals surface area contributed by atoms with Crippen molar-refractivity contribution in [1.82, 2.24) is 5.32 Å². The van der Waals surface area contributed by atoms with Crippen molar-refractivity contribution in [3.63, 3.8) is 0 Å². The van der Waals surface area contributed by atoms with Crippen molar-refractivity contribution in [3.8, 4) is 0 Å². The molecule has 21 heavy (non-hydrogen) atoms. The summed E-state index contributed by atoms with van der Waals surface area (Å²) < 4.78 is 36.6. The minimum absolute atomic E-state index is 0.0718. The van der Waals surface area contributed by atoms with Crippen molar-refractivity contribution in [2.45, 2.75) is 25.4 Å². The lowest BCUT2D eigenvalue weighted by molar-refractivity contribution is 0.318. The molecule has 0 saturated carbocycles. The van der Waals surface area contributed by atoms with E-state index in [1.54, 1.807) is 6.07 Å². The summed E-state index contributed by atoms with van der Waals surface area (Å²) in [6, 6.07) is 4.09. The highest BCUT2D eigenvalue weighted by atomic mass is 32.2. The number of oxime groups is 1. The molecule has 1 atom stereocenters. The largest absolute Gasteiger partial charge is 0.409 e. The molecule has 116 valence electrons. The van der Waals surface area contributed by atoms with Crippen molar-refractivity contribution >= 4 is 15.7 Å². The molecule has 1 aliphatic rings. The van der Waals surface area contributed by atoms with Crippen LogP contribution in [0.2, 0.25) is 0 Å². The van der Waals surface area contributed by atoms with E-state index in [-0.39, 0.29) is 22.9 Å². The Kier molecular flexibility index (Phi) is 4.20. The number of sulfone groups is 1. The van der Waals surface area contributed by atoms with Crippen LogP contribution in [0.3, 0.4) is 0 Å². The van der Waals surface area contributed by atoms with Crippen LogP contribution in [0.1, 0.15) is 24.5 Å². The molecule has 0 aromatic heterocycles. The van der Waals surface area contributed by atoms with Gasteiger partial charge in [-0.3, -0.25) is 0 Å². The second-order valence-electron chi connectivity index (χ2n) is 5.59. The van der Waals surface area contributed by atoms with E-state index in [2.05, 4.69) is 10.5 Å². The van der Waals surface area contributed by atoms with Crippen molar-refractivity contribution in [3.05, 3.63) is 35.1 Å². The van der Waals surface area contributed by atoms with Crippen LogP contribution in [0.25, 0.3) is 0 Å². The first-order chi connectivity index (χ1) is 9.73. The van der Waals surface area contributed by atoms with Crippen molar-refractivity contribution in [2.24, 2.45) is 10.9 Å². The van der Waals surface area contributed by atoms with E-state index in [9.17, 15) is 12.8 Å². The quantitative estimate of drug-likeness (QED) is 0.326. The number of halogens is 1. The van der Waals surface area contributed by atoms with Crippen LogP contribution in [-0.2, 0) is 16.4 Å². The fraction of sp³-hybridized carbons (Fsp3) is 0.462. The van der Waals surface area contributed by atoms with Crippen LogP contribution in [0.5, 0.6) is 0 Å². The SMILES string of the molecule is CC1(NCc2cc(F)cc(/C(N)=N/O)c2)CCS(=O)(=O)C1. The van der Waals surface area contributed by atoms with E-state index in [1.165, 1.54) is 12.1 Å². The Morgan fingerprint density at radius 3 is 2.81 bits per heavy atom. The standard InChI is InChI=1S/C13H18FN3O3S/c1-13(2-3-21(19,20)8-13)16-7-9-4-10(12(15)17-18)6-11(14)5-9/h4-6,16,18H,2-3,7-8H2,1H3,(H2,15,17). The smallest absolute Gasteiger partial charge is 0.170 e. The molecule has 2 rings (SSSR count). The Bertz CT molecular complexity index is 675. The average molecular weight is 315 g/mol. The minimum atomic E-state index is -3.00. The second kappa shape index (κ2) is 5.61. The fourth-order valence-corrected chi connectivity index (χ4v) is 4.55. The van der Waals surface area contributed by atoms with E-state index < -0.39 is 21.2 Å². The summed E-state index contributed by atoms with van der Waals surface area (Å²) in [5, 5.41) is 14.6. The molecule has 1 saturated heterocycles. The maximum absolute atomic E-state index is 13.5. The van der Waals surface area contributed by atoms with E-state index >= 15 is 0 Å². The van der Waals surface area contributed by atoms with Gasteiger partial charge in [-0.15, -0.1) is 0 Å². The summed E-state index contributed by atoms with van der Waals surface area (Å²) >= 11 is 0. The fourth-order valence-electron chi connectivity index (χ4n) is 2.42. The molecule has 1 fully saturated rings. The molecule has 6 nitrogen and oxygen atoms in total. The molecule has 0 radical (unpaired) electrons. The first-order valence-corrected chi connectivity index (χ1v) is 8.28. The van der Waals surface area contributed by atoms with Crippen LogP contribution in [0.4, 0.5) is 4.39 Å².